The van der Waals surface area contributed by atoms with Gasteiger partial charge in [-0.1, -0.05) is 6.92 Å². The molecule has 2 aromatic rings. The molecule has 19 heavy (non-hydrogen) atoms. The SMILES string of the molecule is CCCn1cccc1CNCc1cc(F)ccc1F. The smallest absolute Gasteiger partial charge is 0.127 e. The van der Waals surface area contributed by atoms with Crippen molar-refractivity contribution in [2.24, 2.45) is 0 Å². The van der Waals surface area contributed by atoms with Gasteiger partial charge in [-0.15, -0.1) is 0 Å². The van der Waals surface area contributed by atoms with Gasteiger partial charge >= 0.3 is 0 Å². The van der Waals surface area contributed by atoms with Gasteiger partial charge in [0, 0.05) is 37.1 Å². The molecule has 0 spiro atoms. The first-order valence-electron chi connectivity index (χ1n) is 6.49. The van der Waals surface area contributed by atoms with Crippen LogP contribution in [-0.4, -0.2) is 4.57 Å². The maximum Gasteiger partial charge on any atom is 0.127 e. The minimum absolute atomic E-state index is 0.320. The van der Waals surface area contributed by atoms with Crippen molar-refractivity contribution in [2.75, 3.05) is 0 Å². The molecule has 0 aliphatic heterocycles. The first-order chi connectivity index (χ1) is 9.20. The summed E-state index contributed by atoms with van der Waals surface area (Å²) in [6, 6.07) is 7.55. The summed E-state index contributed by atoms with van der Waals surface area (Å²) in [6.45, 7) is 4.06. The van der Waals surface area contributed by atoms with E-state index >= 15 is 0 Å². The van der Waals surface area contributed by atoms with Gasteiger partial charge in [0.25, 0.3) is 0 Å². The average molecular weight is 264 g/mol. The van der Waals surface area contributed by atoms with Gasteiger partial charge in [-0.25, -0.2) is 8.78 Å². The fourth-order valence-corrected chi connectivity index (χ4v) is 2.07. The molecular formula is C15H18F2N2. The molecule has 0 aliphatic carbocycles. The molecule has 1 N–H and O–H groups in total. The number of nitrogens with zero attached hydrogens (tertiary/aromatic N) is 1. The minimum atomic E-state index is -0.410. The van der Waals surface area contributed by atoms with Crippen molar-refractivity contribution in [2.45, 2.75) is 33.0 Å². The molecule has 2 rings (SSSR count). The molecule has 0 saturated heterocycles. The summed E-state index contributed by atoms with van der Waals surface area (Å²) < 4.78 is 28.6. The molecule has 1 aromatic carbocycles. The molecule has 0 radical (unpaired) electrons. The van der Waals surface area contributed by atoms with E-state index in [0.29, 0.717) is 18.7 Å². The van der Waals surface area contributed by atoms with Crippen LogP contribution in [0.5, 0.6) is 0 Å². The van der Waals surface area contributed by atoms with Crippen molar-refractivity contribution in [1.82, 2.24) is 9.88 Å². The van der Waals surface area contributed by atoms with E-state index in [9.17, 15) is 8.78 Å². The predicted molar refractivity (Wildman–Crippen MR) is 71.6 cm³/mol. The van der Waals surface area contributed by atoms with Crippen LogP contribution in [0.25, 0.3) is 0 Å². The topological polar surface area (TPSA) is 17.0 Å². The van der Waals surface area contributed by atoms with Crippen molar-refractivity contribution in [3.63, 3.8) is 0 Å². The van der Waals surface area contributed by atoms with Gasteiger partial charge in [0.1, 0.15) is 11.6 Å². The van der Waals surface area contributed by atoms with Crippen molar-refractivity contribution in [3.05, 3.63) is 59.4 Å². The van der Waals surface area contributed by atoms with Crippen LogP contribution in [0.4, 0.5) is 8.78 Å². The first-order valence-corrected chi connectivity index (χ1v) is 6.49. The second-order valence-electron chi connectivity index (χ2n) is 4.53. The number of nitrogens with one attached hydrogen (secondary N) is 1. The Hall–Kier alpha value is -1.68. The molecule has 1 heterocycles. The molecule has 102 valence electrons. The van der Waals surface area contributed by atoms with E-state index in [0.717, 1.165) is 30.8 Å². The zero-order chi connectivity index (χ0) is 13.7. The van der Waals surface area contributed by atoms with E-state index in [4.69, 9.17) is 0 Å². The summed E-state index contributed by atoms with van der Waals surface area (Å²) in [5.41, 5.74) is 1.51. The number of aryl methyl sites for hydroxylation is 1. The van der Waals surface area contributed by atoms with Crippen LogP contribution in [0.1, 0.15) is 24.6 Å². The normalized spacial score (nSPS) is 10.9. The van der Waals surface area contributed by atoms with Crippen molar-refractivity contribution in [3.8, 4) is 0 Å². The van der Waals surface area contributed by atoms with Crippen LogP contribution in [0.15, 0.2) is 36.5 Å². The van der Waals surface area contributed by atoms with Crippen molar-refractivity contribution >= 4 is 0 Å². The van der Waals surface area contributed by atoms with Gasteiger partial charge in [-0.3, -0.25) is 0 Å². The Bertz CT molecular complexity index is 535. The van der Waals surface area contributed by atoms with Crippen LogP contribution < -0.4 is 5.32 Å². The van der Waals surface area contributed by atoms with E-state index in [1.54, 1.807) is 0 Å². The maximum atomic E-state index is 13.4. The van der Waals surface area contributed by atoms with Crippen molar-refractivity contribution < 1.29 is 8.78 Å². The van der Waals surface area contributed by atoms with Crippen LogP contribution in [-0.2, 0) is 19.6 Å². The quantitative estimate of drug-likeness (QED) is 0.845. The summed E-state index contributed by atoms with van der Waals surface area (Å²) in [7, 11) is 0. The molecule has 0 bridgehead atoms. The van der Waals surface area contributed by atoms with E-state index in [1.165, 1.54) is 6.07 Å². The van der Waals surface area contributed by atoms with Crippen LogP contribution >= 0.6 is 0 Å². The predicted octanol–water partition coefficient (Wildman–Crippen LogP) is 3.47. The Morgan fingerprint density at radius 2 is 2.00 bits per heavy atom. The molecule has 0 atom stereocenters. The van der Waals surface area contributed by atoms with E-state index in [-0.39, 0.29) is 5.82 Å². The summed E-state index contributed by atoms with van der Waals surface area (Å²) in [4.78, 5) is 0. The molecule has 2 nitrogen and oxygen atoms in total. The van der Waals surface area contributed by atoms with Crippen LogP contribution in [0, 0.1) is 11.6 Å². The third-order valence-corrected chi connectivity index (χ3v) is 3.02. The zero-order valence-corrected chi connectivity index (χ0v) is 11.0. The van der Waals surface area contributed by atoms with Gasteiger partial charge in [0.2, 0.25) is 0 Å². The second kappa shape index (κ2) is 6.48. The molecule has 0 unspecified atom stereocenters. The lowest BCUT2D eigenvalue weighted by atomic mass is 10.2. The highest BCUT2D eigenvalue weighted by molar-refractivity contribution is 5.18. The van der Waals surface area contributed by atoms with Gasteiger partial charge in [-0.05, 0) is 36.8 Å². The molecule has 1 aromatic heterocycles. The van der Waals surface area contributed by atoms with E-state index in [2.05, 4.69) is 16.8 Å². The van der Waals surface area contributed by atoms with Gasteiger partial charge < -0.3 is 9.88 Å². The summed E-state index contributed by atoms with van der Waals surface area (Å²) in [5, 5.41) is 3.14. The lowest BCUT2D eigenvalue weighted by Gasteiger charge is -2.09. The van der Waals surface area contributed by atoms with Gasteiger partial charge in [0.05, 0.1) is 0 Å². The molecule has 0 saturated carbocycles. The van der Waals surface area contributed by atoms with Gasteiger partial charge in [-0.2, -0.15) is 0 Å². The molecule has 0 fully saturated rings. The summed E-state index contributed by atoms with van der Waals surface area (Å²) in [6.07, 6.45) is 3.10. The molecule has 0 aliphatic rings. The van der Waals surface area contributed by atoms with Gasteiger partial charge in [0.15, 0.2) is 0 Å². The molecule has 0 amide bonds. The van der Waals surface area contributed by atoms with Crippen molar-refractivity contribution in [1.29, 1.82) is 0 Å². The fraction of sp³-hybridized carbons (Fsp3) is 0.333. The number of hydrogen-bond acceptors (Lipinski definition) is 1. The average Bonchev–Trinajstić information content (AvgIpc) is 2.82. The highest BCUT2D eigenvalue weighted by Gasteiger charge is 2.04. The Kier molecular flexibility index (Phi) is 4.68. The number of hydrogen-bond donors (Lipinski definition) is 1. The Morgan fingerprint density at radius 3 is 2.79 bits per heavy atom. The van der Waals surface area contributed by atoms with Crippen LogP contribution in [0.3, 0.4) is 0 Å². The third kappa shape index (κ3) is 3.64. The zero-order valence-electron chi connectivity index (χ0n) is 11.0. The second-order valence-corrected chi connectivity index (χ2v) is 4.53. The van der Waals surface area contributed by atoms with E-state index < -0.39 is 5.82 Å². The summed E-state index contributed by atoms with van der Waals surface area (Å²) >= 11 is 0. The minimum Gasteiger partial charge on any atom is -0.350 e. The molecule has 4 heteroatoms. The number of aromatic nitrogens is 1. The number of halogens is 2. The standard InChI is InChI=1S/C15H18F2N2/c1-2-7-19-8-3-4-14(19)11-18-10-12-9-13(16)5-6-15(12)17/h3-6,8-9,18H,2,7,10-11H2,1H3. The Labute approximate surface area is 112 Å². The van der Waals surface area contributed by atoms with Crippen LogP contribution in [0.2, 0.25) is 0 Å². The van der Waals surface area contributed by atoms with E-state index in [1.807, 2.05) is 18.3 Å². The fourth-order valence-electron chi connectivity index (χ4n) is 2.07. The first kappa shape index (κ1) is 13.7. The number of benzene rings is 1. The number of rotatable bonds is 6. The Balaban J connectivity index is 1.92. The lowest BCUT2D eigenvalue weighted by Crippen LogP contribution is -2.16. The maximum absolute atomic E-state index is 13.4. The highest BCUT2D eigenvalue weighted by atomic mass is 19.1. The molecular weight excluding hydrogens is 246 g/mol. The third-order valence-electron chi connectivity index (χ3n) is 3.02. The lowest BCUT2D eigenvalue weighted by molar-refractivity contribution is 0.558. The Morgan fingerprint density at radius 1 is 1.16 bits per heavy atom. The largest absolute Gasteiger partial charge is 0.350 e. The summed E-state index contributed by atoms with van der Waals surface area (Å²) in [5.74, 6) is -0.787. The highest BCUT2D eigenvalue weighted by Crippen LogP contribution is 2.10. The monoisotopic (exact) mass is 264 g/mol.